The molecule has 4 N–H and O–H groups in total. The predicted octanol–water partition coefficient (Wildman–Crippen LogP) is 3.37. The Morgan fingerprint density at radius 3 is 2.08 bits per heavy atom. The smallest absolute Gasteiger partial charge is 0.408 e. The maximum absolute atomic E-state index is 14.0. The van der Waals surface area contributed by atoms with Crippen molar-refractivity contribution in [2.75, 3.05) is 20.8 Å². The highest BCUT2D eigenvalue weighted by Crippen LogP contribution is 2.52. The van der Waals surface area contributed by atoms with Crippen molar-refractivity contribution in [1.82, 2.24) is 20.9 Å². The Morgan fingerprint density at radius 2 is 1.54 bits per heavy atom. The number of ether oxygens (including phenoxy) is 1. The summed E-state index contributed by atoms with van der Waals surface area (Å²) in [6, 6.07) is 13.9. The first-order valence-electron chi connectivity index (χ1n) is 15.6. The number of rotatable bonds is 14. The largest absolute Gasteiger partial charge is 0.445 e. The monoisotopic (exact) mass is 708 g/mol. The van der Waals surface area contributed by atoms with E-state index in [4.69, 9.17) is 25.4 Å². The van der Waals surface area contributed by atoms with Crippen LogP contribution in [0.25, 0.3) is 0 Å². The van der Waals surface area contributed by atoms with Gasteiger partial charge in [-0.2, -0.15) is 0 Å². The van der Waals surface area contributed by atoms with Gasteiger partial charge in [0.15, 0.2) is 6.10 Å². The van der Waals surface area contributed by atoms with Crippen molar-refractivity contribution in [2.45, 2.75) is 87.9 Å². The molecule has 0 bridgehead atoms. The fraction of sp³-hybridized carbons (Fsp3) is 0.515. The summed E-state index contributed by atoms with van der Waals surface area (Å²) in [5, 5.41) is 19.0. The standard InChI is InChI=1S/C33H46ClN4O9P/c1-21(48(44,45-5)46-6)27(36-32(43)47-20-23-15-11-8-12-16-23)30(41)35-25(17-22-13-9-7-10-14-22)28(39)31(42)38-19-24(34)18-26(38)29(40)37-33(2,3)4/h7-16,21,24-28,39H,17-20H2,1-6H3,(H,35,41)(H,36,43)(H,37,40)/t21?,24-,25-,26-,27?,28-/m0/s1. The maximum atomic E-state index is 14.0. The molecule has 1 saturated heterocycles. The Labute approximate surface area is 286 Å². The molecule has 15 heteroatoms. The Hall–Kier alpha value is -3.48. The van der Waals surface area contributed by atoms with E-state index in [9.17, 15) is 28.8 Å². The van der Waals surface area contributed by atoms with Crippen LogP contribution in [0.15, 0.2) is 60.7 Å². The molecule has 1 aliphatic heterocycles. The van der Waals surface area contributed by atoms with E-state index in [2.05, 4.69) is 16.0 Å². The lowest BCUT2D eigenvalue weighted by molar-refractivity contribution is -0.147. The number of carbonyl (C=O) groups excluding carboxylic acids is 4. The lowest BCUT2D eigenvalue weighted by Gasteiger charge is -2.33. The third-order valence-electron chi connectivity index (χ3n) is 7.85. The molecule has 3 rings (SSSR count). The summed E-state index contributed by atoms with van der Waals surface area (Å²) in [5.41, 5.74) is -0.444. The van der Waals surface area contributed by atoms with Crippen LogP contribution < -0.4 is 16.0 Å². The predicted molar refractivity (Wildman–Crippen MR) is 180 cm³/mol. The molecule has 6 atom stereocenters. The van der Waals surface area contributed by atoms with Crippen molar-refractivity contribution < 1.29 is 42.6 Å². The van der Waals surface area contributed by atoms with Crippen LogP contribution in [0.3, 0.4) is 0 Å². The molecule has 48 heavy (non-hydrogen) atoms. The molecular formula is C33H46ClN4O9P. The summed E-state index contributed by atoms with van der Waals surface area (Å²) in [5.74, 6) is -2.12. The van der Waals surface area contributed by atoms with E-state index >= 15 is 0 Å². The highest BCUT2D eigenvalue weighted by molar-refractivity contribution is 7.54. The number of nitrogens with one attached hydrogen (secondary N) is 3. The molecule has 0 aliphatic carbocycles. The van der Waals surface area contributed by atoms with Crippen molar-refractivity contribution in [3.63, 3.8) is 0 Å². The first-order valence-corrected chi connectivity index (χ1v) is 17.6. The molecule has 1 aliphatic rings. The molecule has 0 saturated carbocycles. The summed E-state index contributed by atoms with van der Waals surface area (Å²) in [4.78, 5) is 55.1. The van der Waals surface area contributed by atoms with Crippen molar-refractivity contribution in [3.8, 4) is 0 Å². The van der Waals surface area contributed by atoms with Gasteiger partial charge in [0.2, 0.25) is 11.8 Å². The van der Waals surface area contributed by atoms with Gasteiger partial charge in [-0.15, -0.1) is 11.6 Å². The zero-order chi connectivity index (χ0) is 35.6. The average Bonchev–Trinajstić information content (AvgIpc) is 3.46. The SMILES string of the molecule is COP(=O)(OC)C(C)C(NC(=O)OCc1ccccc1)C(=O)N[C@@H](Cc1ccccc1)[C@H](O)C(=O)N1C[C@@H](Cl)C[C@H]1C(=O)NC(C)(C)C. The lowest BCUT2D eigenvalue weighted by atomic mass is 9.99. The number of carbonyl (C=O) groups is 4. The number of aliphatic hydroxyl groups is 1. The van der Waals surface area contributed by atoms with Gasteiger partial charge < -0.3 is 39.7 Å². The minimum atomic E-state index is -3.96. The van der Waals surface area contributed by atoms with Crippen molar-refractivity contribution >= 4 is 43.0 Å². The number of alkyl carbamates (subject to hydrolysis) is 1. The third kappa shape index (κ3) is 10.8. The highest BCUT2D eigenvalue weighted by atomic mass is 35.5. The topological polar surface area (TPSA) is 173 Å². The molecule has 2 aromatic carbocycles. The van der Waals surface area contributed by atoms with E-state index in [0.29, 0.717) is 11.1 Å². The van der Waals surface area contributed by atoms with Gasteiger partial charge in [0.25, 0.3) is 5.91 Å². The van der Waals surface area contributed by atoms with E-state index in [1.165, 1.54) is 11.8 Å². The summed E-state index contributed by atoms with van der Waals surface area (Å²) in [6.45, 7) is 6.71. The van der Waals surface area contributed by atoms with Crippen LogP contribution >= 0.6 is 19.2 Å². The van der Waals surface area contributed by atoms with Crippen molar-refractivity contribution in [2.24, 2.45) is 0 Å². The average molecular weight is 709 g/mol. The van der Waals surface area contributed by atoms with Gasteiger partial charge in [0.1, 0.15) is 18.7 Å². The number of hydrogen-bond acceptors (Lipinski definition) is 9. The number of nitrogens with zero attached hydrogens (tertiary/aromatic N) is 1. The molecule has 0 spiro atoms. The Kier molecular flexibility index (Phi) is 14.0. The summed E-state index contributed by atoms with van der Waals surface area (Å²) >= 11 is 6.39. The third-order valence-corrected chi connectivity index (χ3v) is 10.5. The van der Waals surface area contributed by atoms with Gasteiger partial charge in [0.05, 0.1) is 17.1 Å². The number of alkyl halides is 1. The molecule has 13 nitrogen and oxygen atoms in total. The van der Waals surface area contributed by atoms with E-state index < -0.39 is 72.2 Å². The molecule has 264 valence electrons. The first kappa shape index (κ1) is 39.0. The Balaban J connectivity index is 1.90. The second-order valence-electron chi connectivity index (χ2n) is 12.7. The molecular weight excluding hydrogens is 663 g/mol. The number of hydrogen-bond donors (Lipinski definition) is 4. The van der Waals surface area contributed by atoms with Gasteiger partial charge in [-0.3, -0.25) is 18.9 Å². The number of aliphatic hydroxyl groups excluding tert-OH is 1. The fourth-order valence-electron chi connectivity index (χ4n) is 5.34. The quantitative estimate of drug-likeness (QED) is 0.170. The van der Waals surface area contributed by atoms with E-state index in [1.54, 1.807) is 75.4 Å². The van der Waals surface area contributed by atoms with Crippen LogP contribution in [0, 0.1) is 0 Å². The number of benzene rings is 2. The van der Waals surface area contributed by atoms with Crippen LogP contribution in [0.4, 0.5) is 4.79 Å². The highest BCUT2D eigenvalue weighted by Gasteiger charge is 2.45. The van der Waals surface area contributed by atoms with Gasteiger partial charge in [-0.05, 0) is 51.7 Å². The zero-order valence-electron chi connectivity index (χ0n) is 28.1. The first-order chi connectivity index (χ1) is 22.6. The van der Waals surface area contributed by atoms with Gasteiger partial charge in [-0.25, -0.2) is 4.79 Å². The summed E-state index contributed by atoms with van der Waals surface area (Å²) in [6.07, 6.45) is -2.66. The Morgan fingerprint density at radius 1 is 0.979 bits per heavy atom. The zero-order valence-corrected chi connectivity index (χ0v) is 29.7. The second kappa shape index (κ2) is 17.3. The van der Waals surface area contributed by atoms with Crippen molar-refractivity contribution in [3.05, 3.63) is 71.8 Å². The molecule has 1 heterocycles. The van der Waals surface area contributed by atoms with Crippen LogP contribution in [0.5, 0.6) is 0 Å². The normalized spacial score (nSPS) is 19.0. The number of likely N-dealkylation sites (tertiary alicyclic amines) is 1. The molecule has 1 fully saturated rings. The van der Waals surface area contributed by atoms with Gasteiger partial charge in [0, 0.05) is 26.3 Å². The number of amides is 4. The van der Waals surface area contributed by atoms with E-state index in [0.717, 1.165) is 14.2 Å². The van der Waals surface area contributed by atoms with Gasteiger partial charge >= 0.3 is 13.7 Å². The second-order valence-corrected chi connectivity index (χ2v) is 15.9. The van der Waals surface area contributed by atoms with Crippen LogP contribution in [-0.2, 0) is 45.8 Å². The van der Waals surface area contributed by atoms with Crippen LogP contribution in [0.1, 0.15) is 45.2 Å². The van der Waals surface area contributed by atoms with Crippen LogP contribution in [-0.4, -0.2) is 95.4 Å². The van der Waals surface area contributed by atoms with E-state index in [-0.39, 0.29) is 26.0 Å². The fourth-order valence-corrected chi connectivity index (χ4v) is 7.05. The molecule has 4 amide bonds. The van der Waals surface area contributed by atoms with Gasteiger partial charge in [-0.1, -0.05) is 60.7 Å². The summed E-state index contributed by atoms with van der Waals surface area (Å²) < 4.78 is 29.0. The Bertz CT molecular complexity index is 1440. The molecule has 0 radical (unpaired) electrons. The lowest BCUT2D eigenvalue weighted by Crippen LogP contribution is -2.60. The van der Waals surface area contributed by atoms with E-state index in [1.807, 2.05) is 6.07 Å². The minimum Gasteiger partial charge on any atom is -0.445 e. The molecule has 2 unspecified atom stereocenters. The van der Waals surface area contributed by atoms with Crippen LogP contribution in [0.2, 0.25) is 0 Å². The number of halogens is 1. The summed E-state index contributed by atoms with van der Waals surface area (Å²) in [7, 11) is -1.66. The molecule has 2 aromatic rings. The van der Waals surface area contributed by atoms with Crippen molar-refractivity contribution in [1.29, 1.82) is 0 Å². The maximum Gasteiger partial charge on any atom is 0.408 e. The molecule has 0 aromatic heterocycles. The minimum absolute atomic E-state index is 0.00497.